The summed E-state index contributed by atoms with van der Waals surface area (Å²) in [6.07, 6.45) is 11.3. The molecule has 2 aromatic carbocycles. The Balaban J connectivity index is 1.20. The predicted molar refractivity (Wildman–Crippen MR) is 143 cm³/mol. The van der Waals surface area contributed by atoms with E-state index in [1.807, 2.05) is 11.8 Å². The highest BCUT2D eigenvalue weighted by atomic mass is 32.2. The number of piperidine rings is 2. The van der Waals surface area contributed by atoms with Crippen molar-refractivity contribution in [2.45, 2.75) is 80.3 Å². The van der Waals surface area contributed by atoms with Crippen LogP contribution in [-0.2, 0) is 5.41 Å². The lowest BCUT2D eigenvalue weighted by atomic mass is 9.70. The van der Waals surface area contributed by atoms with Crippen LogP contribution in [0, 0.1) is 6.92 Å². The Morgan fingerprint density at radius 1 is 1.00 bits per heavy atom. The van der Waals surface area contributed by atoms with Gasteiger partial charge in [-0.3, -0.25) is 4.90 Å². The van der Waals surface area contributed by atoms with E-state index in [4.69, 9.17) is 4.98 Å². The lowest BCUT2D eigenvalue weighted by Crippen LogP contribution is -2.47. The maximum Gasteiger partial charge on any atom is 0.106 e. The van der Waals surface area contributed by atoms with Crippen LogP contribution in [0.25, 0.3) is 11.0 Å². The largest absolute Gasteiger partial charge is 0.325 e. The van der Waals surface area contributed by atoms with Gasteiger partial charge in [0.25, 0.3) is 0 Å². The van der Waals surface area contributed by atoms with Crippen molar-refractivity contribution in [1.29, 1.82) is 0 Å². The van der Waals surface area contributed by atoms with Crippen molar-refractivity contribution in [2.75, 3.05) is 25.9 Å². The average molecular weight is 475 g/mol. The number of hydrogen-bond acceptors (Lipinski definition) is 4. The summed E-state index contributed by atoms with van der Waals surface area (Å²) < 4.78 is 2.56. The highest BCUT2D eigenvalue weighted by Crippen LogP contribution is 2.44. The van der Waals surface area contributed by atoms with Gasteiger partial charge in [0.1, 0.15) is 5.82 Å². The van der Waals surface area contributed by atoms with Crippen LogP contribution in [-0.4, -0.2) is 52.4 Å². The number of benzene rings is 2. The van der Waals surface area contributed by atoms with Crippen molar-refractivity contribution in [1.82, 2.24) is 19.8 Å². The zero-order valence-corrected chi connectivity index (χ0v) is 21.5. The Hall–Kier alpha value is -1.82. The Bertz CT molecular complexity index is 1130. The summed E-state index contributed by atoms with van der Waals surface area (Å²) in [5.41, 5.74) is 4.36. The summed E-state index contributed by atoms with van der Waals surface area (Å²) in [5.74, 6) is 1.18. The standard InChI is InChI=1S/C29H38N4S/c1-21-31-27-8-3-4-9-28(27)33(21)25-19-23-10-11-24(20-25)32(23)17-14-29(12-15-30-16-13-29)22-6-5-7-26(18-22)34-2/h3-9,18,23-25,30H,10-17,19-20H2,1-2H3/t23-,24?,25?/m1/s1. The minimum absolute atomic E-state index is 0.324. The summed E-state index contributed by atoms with van der Waals surface area (Å²) in [5, 5.41) is 3.62. The quantitative estimate of drug-likeness (QED) is 0.448. The molecule has 3 aromatic rings. The molecule has 1 aromatic heterocycles. The van der Waals surface area contributed by atoms with Crippen molar-refractivity contribution < 1.29 is 0 Å². The van der Waals surface area contributed by atoms with Crippen LogP contribution in [0.2, 0.25) is 0 Å². The van der Waals surface area contributed by atoms with Gasteiger partial charge in [0.05, 0.1) is 11.0 Å². The Labute approximate surface area is 208 Å². The third-order valence-electron chi connectivity index (χ3n) is 9.09. The lowest BCUT2D eigenvalue weighted by Gasteiger charge is -2.44. The minimum Gasteiger partial charge on any atom is -0.325 e. The second-order valence-electron chi connectivity index (χ2n) is 10.8. The first-order chi connectivity index (χ1) is 16.7. The molecule has 0 saturated carbocycles. The second-order valence-corrected chi connectivity index (χ2v) is 11.7. The topological polar surface area (TPSA) is 33.1 Å². The fourth-order valence-corrected chi connectivity index (χ4v) is 7.79. The molecule has 3 fully saturated rings. The summed E-state index contributed by atoms with van der Waals surface area (Å²) in [6.45, 7) is 5.73. The van der Waals surface area contributed by atoms with E-state index >= 15 is 0 Å². The number of aromatic nitrogens is 2. The summed E-state index contributed by atoms with van der Waals surface area (Å²) in [7, 11) is 0. The van der Waals surface area contributed by atoms with Gasteiger partial charge >= 0.3 is 0 Å². The number of para-hydroxylation sites is 2. The molecule has 34 heavy (non-hydrogen) atoms. The number of hydrogen-bond donors (Lipinski definition) is 1. The van der Waals surface area contributed by atoms with Gasteiger partial charge < -0.3 is 9.88 Å². The highest BCUT2D eigenvalue weighted by molar-refractivity contribution is 7.98. The van der Waals surface area contributed by atoms with E-state index in [2.05, 4.69) is 76.5 Å². The van der Waals surface area contributed by atoms with Crippen molar-refractivity contribution in [3.05, 3.63) is 59.9 Å². The van der Waals surface area contributed by atoms with E-state index < -0.39 is 0 Å². The molecule has 6 rings (SSSR count). The van der Waals surface area contributed by atoms with E-state index in [0.29, 0.717) is 11.5 Å². The molecule has 2 unspecified atom stereocenters. The lowest BCUT2D eigenvalue weighted by molar-refractivity contribution is 0.0929. The van der Waals surface area contributed by atoms with Gasteiger partial charge in [0.2, 0.25) is 0 Å². The summed E-state index contributed by atoms with van der Waals surface area (Å²) >= 11 is 1.87. The zero-order valence-electron chi connectivity index (χ0n) is 20.7. The first kappa shape index (κ1) is 22.6. The van der Waals surface area contributed by atoms with E-state index in [9.17, 15) is 0 Å². The number of nitrogens with one attached hydrogen (secondary N) is 1. The molecule has 4 heterocycles. The number of rotatable bonds is 6. The van der Waals surface area contributed by atoms with Crippen LogP contribution in [0.4, 0.5) is 0 Å². The van der Waals surface area contributed by atoms with Gasteiger partial charge in [-0.15, -0.1) is 11.8 Å². The van der Waals surface area contributed by atoms with Gasteiger partial charge in [-0.1, -0.05) is 24.3 Å². The third kappa shape index (κ3) is 4.00. The zero-order chi connectivity index (χ0) is 23.1. The second kappa shape index (κ2) is 9.33. The minimum atomic E-state index is 0.324. The van der Waals surface area contributed by atoms with Crippen LogP contribution in [0.1, 0.15) is 62.4 Å². The van der Waals surface area contributed by atoms with E-state index in [-0.39, 0.29) is 0 Å². The molecule has 0 radical (unpaired) electrons. The first-order valence-electron chi connectivity index (χ1n) is 13.2. The van der Waals surface area contributed by atoms with Crippen LogP contribution in [0.5, 0.6) is 0 Å². The van der Waals surface area contributed by atoms with Crippen LogP contribution in [0.15, 0.2) is 53.4 Å². The molecule has 3 aliphatic heterocycles. The number of thioether (sulfide) groups is 1. The van der Waals surface area contributed by atoms with E-state index in [1.165, 1.54) is 67.7 Å². The normalized spacial score (nSPS) is 26.8. The fraction of sp³-hybridized carbons (Fsp3) is 0.552. The molecule has 3 saturated heterocycles. The van der Waals surface area contributed by atoms with E-state index in [1.54, 1.807) is 5.56 Å². The number of imidazole rings is 1. The fourth-order valence-electron chi connectivity index (χ4n) is 7.33. The van der Waals surface area contributed by atoms with Crippen LogP contribution < -0.4 is 5.32 Å². The Morgan fingerprint density at radius 2 is 1.76 bits per heavy atom. The van der Waals surface area contributed by atoms with Crippen molar-refractivity contribution in [2.24, 2.45) is 0 Å². The molecular weight excluding hydrogens is 436 g/mol. The molecule has 3 atom stereocenters. The number of aryl methyl sites for hydroxylation is 1. The highest BCUT2D eigenvalue weighted by Gasteiger charge is 2.43. The monoisotopic (exact) mass is 474 g/mol. The smallest absolute Gasteiger partial charge is 0.106 e. The van der Waals surface area contributed by atoms with Gasteiger partial charge in [0.15, 0.2) is 0 Å². The maximum atomic E-state index is 4.87. The molecule has 1 N–H and O–H groups in total. The average Bonchev–Trinajstić information content (AvgIpc) is 3.34. The van der Waals surface area contributed by atoms with E-state index in [0.717, 1.165) is 30.7 Å². The summed E-state index contributed by atoms with van der Waals surface area (Å²) in [6, 6.07) is 20.1. The van der Waals surface area contributed by atoms with Gasteiger partial charge in [-0.25, -0.2) is 4.98 Å². The predicted octanol–water partition coefficient (Wildman–Crippen LogP) is 5.95. The molecule has 0 amide bonds. The van der Waals surface area contributed by atoms with Crippen molar-refractivity contribution in [3.63, 3.8) is 0 Å². The Morgan fingerprint density at radius 3 is 2.53 bits per heavy atom. The van der Waals surface area contributed by atoms with Gasteiger partial charge in [0, 0.05) is 23.0 Å². The first-order valence-corrected chi connectivity index (χ1v) is 14.4. The van der Waals surface area contributed by atoms with Crippen molar-refractivity contribution >= 4 is 22.8 Å². The third-order valence-corrected chi connectivity index (χ3v) is 9.81. The Kier molecular flexibility index (Phi) is 6.21. The van der Waals surface area contributed by atoms with Crippen LogP contribution in [0.3, 0.4) is 0 Å². The van der Waals surface area contributed by atoms with Gasteiger partial charge in [-0.05, 0) is 113 Å². The van der Waals surface area contributed by atoms with Crippen molar-refractivity contribution in [3.8, 4) is 0 Å². The molecule has 4 nitrogen and oxygen atoms in total. The molecule has 180 valence electrons. The maximum absolute atomic E-state index is 4.87. The molecule has 3 aliphatic rings. The summed E-state index contributed by atoms with van der Waals surface area (Å²) in [4.78, 5) is 9.19. The molecule has 0 spiro atoms. The number of fused-ring (bicyclic) bond motifs is 3. The SMILES string of the molecule is CSc1cccc(C2(CCN3C4CC[C@@H]3CC(n3c(C)nc5ccccc53)C4)CCNCC2)c1. The number of nitrogens with zero attached hydrogens (tertiary/aromatic N) is 3. The van der Waals surface area contributed by atoms with Crippen LogP contribution >= 0.6 is 11.8 Å². The molecule has 5 heteroatoms. The van der Waals surface area contributed by atoms with Gasteiger partial charge in [-0.2, -0.15) is 0 Å². The molecule has 0 aliphatic carbocycles. The molecule has 2 bridgehead atoms. The molecular formula is C29H38N4S.